The molecule has 5 aromatic rings. The van der Waals surface area contributed by atoms with Crippen molar-refractivity contribution in [1.29, 1.82) is 0 Å². The molecule has 8 heteroatoms. The summed E-state index contributed by atoms with van der Waals surface area (Å²) in [6, 6.07) is 40.6. The molecule has 0 saturated heterocycles. The quantitative estimate of drug-likeness (QED) is 0.0537. The highest BCUT2D eigenvalue weighted by Gasteiger charge is 2.32. The van der Waals surface area contributed by atoms with E-state index in [1.54, 1.807) is 0 Å². The normalized spacial score (nSPS) is 14.2. The zero-order valence-corrected chi connectivity index (χ0v) is 33.4. The molecule has 5 aromatic carbocycles. The van der Waals surface area contributed by atoms with Crippen LogP contribution < -0.4 is 20.1 Å². The average molecular weight is 720 g/mol. The molecular formula is C46H55N8+. The first kappa shape index (κ1) is 38.0. The summed E-state index contributed by atoms with van der Waals surface area (Å²) in [4.78, 5) is 6.67. The summed E-state index contributed by atoms with van der Waals surface area (Å²) in [5.41, 5.74) is 18.0. The van der Waals surface area contributed by atoms with Crippen LogP contribution in [0, 0.1) is 0 Å². The number of azo groups is 1. The highest BCUT2D eigenvalue weighted by molar-refractivity contribution is 6.08. The molecule has 0 fully saturated rings. The second-order valence-electron chi connectivity index (χ2n) is 15.4. The van der Waals surface area contributed by atoms with E-state index in [0.29, 0.717) is 0 Å². The Morgan fingerprint density at radius 3 is 1.74 bits per heavy atom. The standard InChI is InChI=1S/C46H55N8/c1-10-53(30-31-54(7,8)9)41-28-22-38(23-29-41)49-48-37-20-14-34(15-21-37)32-47-50-43-13-11-12-42-33(2)44(35-16-24-39(25-17-35)51(3)4)45(46(42)43)36-18-26-40(27-19-36)52(5)6/h11-29,32-33,50H,10,30-31H2,1-9H3/q+1/b47-32+,49-48?. The Labute approximate surface area is 322 Å². The molecule has 0 spiro atoms. The van der Waals surface area contributed by atoms with Gasteiger partial charge in [0, 0.05) is 63.3 Å². The van der Waals surface area contributed by atoms with Gasteiger partial charge in [-0.05, 0) is 107 Å². The number of rotatable bonds is 14. The maximum absolute atomic E-state index is 4.72. The lowest BCUT2D eigenvalue weighted by atomic mass is 9.90. The van der Waals surface area contributed by atoms with Gasteiger partial charge in [0.15, 0.2) is 0 Å². The van der Waals surface area contributed by atoms with Crippen LogP contribution in [-0.4, -0.2) is 79.7 Å². The molecule has 1 N–H and O–H groups in total. The lowest BCUT2D eigenvalue weighted by Gasteiger charge is -2.29. The Hall–Kier alpha value is -5.73. The van der Waals surface area contributed by atoms with Gasteiger partial charge in [0.05, 0.1) is 57.5 Å². The maximum atomic E-state index is 4.72. The van der Waals surface area contributed by atoms with Crippen molar-refractivity contribution >= 4 is 51.5 Å². The van der Waals surface area contributed by atoms with Crippen molar-refractivity contribution in [2.75, 3.05) is 89.1 Å². The van der Waals surface area contributed by atoms with Crippen LogP contribution in [-0.2, 0) is 0 Å². The number of anilines is 4. The second-order valence-corrected chi connectivity index (χ2v) is 15.4. The summed E-state index contributed by atoms with van der Waals surface area (Å²) in [6.07, 6.45) is 1.85. The van der Waals surface area contributed by atoms with Gasteiger partial charge in [-0.1, -0.05) is 55.5 Å². The van der Waals surface area contributed by atoms with Crippen LogP contribution in [0.15, 0.2) is 131 Å². The second kappa shape index (κ2) is 16.5. The molecule has 6 rings (SSSR count). The van der Waals surface area contributed by atoms with Gasteiger partial charge in [-0.15, -0.1) is 0 Å². The van der Waals surface area contributed by atoms with E-state index in [9.17, 15) is 0 Å². The van der Waals surface area contributed by atoms with Crippen molar-refractivity contribution in [3.63, 3.8) is 0 Å². The Morgan fingerprint density at radius 2 is 1.20 bits per heavy atom. The molecule has 0 amide bonds. The highest BCUT2D eigenvalue weighted by Crippen LogP contribution is 2.52. The SMILES string of the molecule is CCN(CC[N+](C)(C)C)c1ccc(N=Nc2ccc(/C=N/Nc3cccc4c3C(c3ccc(N(C)C)cc3)=C(c3ccc(N(C)C)cc3)C4C)cc2)cc1. The molecule has 8 nitrogen and oxygen atoms in total. The Bertz CT molecular complexity index is 2100. The largest absolute Gasteiger partial charge is 0.378 e. The van der Waals surface area contributed by atoms with Gasteiger partial charge in [-0.25, -0.2) is 0 Å². The van der Waals surface area contributed by atoms with Crippen LogP contribution in [0.5, 0.6) is 0 Å². The van der Waals surface area contributed by atoms with E-state index in [1.165, 1.54) is 50.5 Å². The van der Waals surface area contributed by atoms with Gasteiger partial charge < -0.3 is 19.2 Å². The smallest absolute Gasteiger partial charge is 0.0958 e. The molecule has 54 heavy (non-hydrogen) atoms. The number of hydrogen-bond donors (Lipinski definition) is 1. The minimum Gasteiger partial charge on any atom is -0.378 e. The summed E-state index contributed by atoms with van der Waals surface area (Å²) in [5, 5.41) is 13.7. The lowest BCUT2D eigenvalue weighted by Crippen LogP contribution is -2.42. The third-order valence-electron chi connectivity index (χ3n) is 10.1. The van der Waals surface area contributed by atoms with E-state index in [0.717, 1.165) is 46.7 Å². The molecule has 1 unspecified atom stereocenters. The summed E-state index contributed by atoms with van der Waals surface area (Å²) in [7, 11) is 15.0. The van der Waals surface area contributed by atoms with Gasteiger partial charge in [0.1, 0.15) is 0 Å². The van der Waals surface area contributed by atoms with Crippen LogP contribution in [0.2, 0.25) is 0 Å². The van der Waals surface area contributed by atoms with Crippen molar-refractivity contribution in [2.24, 2.45) is 15.3 Å². The third-order valence-corrected chi connectivity index (χ3v) is 10.1. The number of benzene rings is 5. The van der Waals surface area contributed by atoms with Crippen molar-refractivity contribution in [2.45, 2.75) is 19.8 Å². The number of likely N-dealkylation sites (N-methyl/N-ethyl adjacent to an activating group) is 2. The number of allylic oxidation sites excluding steroid dienone is 1. The van der Waals surface area contributed by atoms with Gasteiger partial charge in [-0.2, -0.15) is 15.3 Å². The van der Waals surface area contributed by atoms with Crippen LogP contribution >= 0.6 is 0 Å². The van der Waals surface area contributed by atoms with E-state index in [2.05, 4.69) is 172 Å². The zero-order chi connectivity index (χ0) is 38.4. The highest BCUT2D eigenvalue weighted by atomic mass is 15.3. The molecule has 1 aliphatic rings. The summed E-state index contributed by atoms with van der Waals surface area (Å²) < 4.78 is 0.942. The fraction of sp³-hybridized carbons (Fsp3) is 0.283. The fourth-order valence-corrected chi connectivity index (χ4v) is 6.91. The molecule has 0 aliphatic heterocycles. The first-order chi connectivity index (χ1) is 25.9. The molecule has 0 aromatic heterocycles. The molecule has 1 aliphatic carbocycles. The first-order valence-corrected chi connectivity index (χ1v) is 18.8. The average Bonchev–Trinajstić information content (AvgIpc) is 3.47. The van der Waals surface area contributed by atoms with Gasteiger partial charge >= 0.3 is 0 Å². The van der Waals surface area contributed by atoms with E-state index in [-0.39, 0.29) is 5.92 Å². The number of hydrogen-bond acceptors (Lipinski definition) is 7. The predicted molar refractivity (Wildman–Crippen MR) is 231 cm³/mol. The van der Waals surface area contributed by atoms with Crippen LogP contribution in [0.1, 0.15) is 47.6 Å². The Balaban J connectivity index is 1.20. The van der Waals surface area contributed by atoms with Gasteiger partial charge in [-0.3, -0.25) is 5.43 Å². The summed E-state index contributed by atoms with van der Waals surface area (Å²) >= 11 is 0. The van der Waals surface area contributed by atoms with Crippen molar-refractivity contribution in [1.82, 2.24) is 0 Å². The van der Waals surface area contributed by atoms with Crippen molar-refractivity contribution in [3.05, 3.63) is 143 Å². The van der Waals surface area contributed by atoms with Gasteiger partial charge in [0.25, 0.3) is 0 Å². The molecule has 0 saturated carbocycles. The zero-order valence-electron chi connectivity index (χ0n) is 33.4. The van der Waals surface area contributed by atoms with Gasteiger partial charge in [0.2, 0.25) is 0 Å². The molecule has 1 atom stereocenters. The number of nitrogens with zero attached hydrogens (tertiary/aromatic N) is 7. The van der Waals surface area contributed by atoms with Crippen LogP contribution in [0.3, 0.4) is 0 Å². The monoisotopic (exact) mass is 719 g/mol. The number of nitrogens with one attached hydrogen (secondary N) is 1. The van der Waals surface area contributed by atoms with E-state index >= 15 is 0 Å². The minimum atomic E-state index is 0.211. The maximum Gasteiger partial charge on any atom is 0.0958 e. The number of fused-ring (bicyclic) bond motifs is 1. The summed E-state index contributed by atoms with van der Waals surface area (Å²) in [5.74, 6) is 0.211. The van der Waals surface area contributed by atoms with E-state index < -0.39 is 0 Å². The van der Waals surface area contributed by atoms with Crippen LogP contribution in [0.4, 0.5) is 34.1 Å². The number of quaternary nitrogens is 1. The number of hydrazone groups is 1. The Kier molecular flexibility index (Phi) is 11.6. The lowest BCUT2D eigenvalue weighted by molar-refractivity contribution is -0.868. The Morgan fingerprint density at radius 1 is 0.667 bits per heavy atom. The summed E-state index contributed by atoms with van der Waals surface area (Å²) in [6.45, 7) is 7.57. The predicted octanol–water partition coefficient (Wildman–Crippen LogP) is 10.3. The third kappa shape index (κ3) is 8.89. The molecule has 0 bridgehead atoms. The topological polar surface area (TPSA) is 58.8 Å². The fourth-order valence-electron chi connectivity index (χ4n) is 6.91. The molecule has 0 radical (unpaired) electrons. The van der Waals surface area contributed by atoms with E-state index in [4.69, 9.17) is 5.10 Å². The van der Waals surface area contributed by atoms with E-state index in [1.807, 2.05) is 42.6 Å². The van der Waals surface area contributed by atoms with Crippen molar-refractivity contribution in [3.8, 4) is 0 Å². The first-order valence-electron chi connectivity index (χ1n) is 18.8. The molecule has 0 heterocycles. The van der Waals surface area contributed by atoms with Crippen LogP contribution in [0.25, 0.3) is 11.1 Å². The molecule has 278 valence electrons. The minimum absolute atomic E-state index is 0.211. The molecular weight excluding hydrogens is 665 g/mol. The van der Waals surface area contributed by atoms with Crippen molar-refractivity contribution < 1.29 is 4.48 Å².